The van der Waals surface area contributed by atoms with Gasteiger partial charge in [-0.2, -0.15) is 0 Å². The van der Waals surface area contributed by atoms with Crippen LogP contribution in [0.3, 0.4) is 0 Å². The third kappa shape index (κ3) is 4.75. The van der Waals surface area contributed by atoms with E-state index >= 15 is 0 Å². The van der Waals surface area contributed by atoms with Gasteiger partial charge in [0, 0.05) is 17.3 Å². The molecule has 1 aliphatic carbocycles. The minimum atomic E-state index is -0.580. The molecule has 5 rings (SSSR count). The van der Waals surface area contributed by atoms with Gasteiger partial charge in [0.1, 0.15) is 11.5 Å². The average Bonchev–Trinajstić information content (AvgIpc) is 2.95. The predicted octanol–water partition coefficient (Wildman–Crippen LogP) is 6.13. The summed E-state index contributed by atoms with van der Waals surface area (Å²) in [5, 5.41) is 3.42. The molecule has 1 saturated carbocycles. The summed E-state index contributed by atoms with van der Waals surface area (Å²) in [6.45, 7) is 4.50. The molecule has 0 spiro atoms. The molecule has 3 aromatic carbocycles. The molecule has 0 saturated heterocycles. The lowest BCUT2D eigenvalue weighted by Gasteiger charge is -2.43. The summed E-state index contributed by atoms with van der Waals surface area (Å²) < 4.78 is 10.8. The Labute approximate surface area is 225 Å². The van der Waals surface area contributed by atoms with Crippen molar-refractivity contribution in [3.8, 4) is 11.5 Å². The van der Waals surface area contributed by atoms with Crippen molar-refractivity contribution in [2.75, 3.05) is 19.1 Å². The van der Waals surface area contributed by atoms with Crippen LogP contribution in [0, 0.1) is 11.8 Å². The van der Waals surface area contributed by atoms with Gasteiger partial charge in [0.25, 0.3) is 5.91 Å². The van der Waals surface area contributed by atoms with Crippen LogP contribution in [0.15, 0.2) is 72.8 Å². The number of hydrogen-bond acceptors (Lipinski definition) is 4. The van der Waals surface area contributed by atoms with E-state index in [1.54, 1.807) is 19.1 Å². The lowest BCUT2D eigenvalue weighted by atomic mass is 9.76. The second-order valence-electron chi connectivity index (χ2n) is 10.5. The number of carbonyl (C=O) groups is 2. The normalized spacial score (nSPS) is 24.9. The molecule has 1 N–H and O–H groups in total. The number of methoxy groups -OCH3 is 2. The predicted molar refractivity (Wildman–Crippen MR) is 149 cm³/mol. The molecule has 5 atom stereocenters. The maximum Gasteiger partial charge on any atom is 0.259 e. The van der Waals surface area contributed by atoms with Gasteiger partial charge in [-0.1, -0.05) is 57.0 Å². The smallest absolute Gasteiger partial charge is 0.259 e. The number of amides is 2. The Balaban J connectivity index is 1.64. The number of ether oxygens (including phenoxy) is 2. The van der Waals surface area contributed by atoms with Crippen LogP contribution >= 0.6 is 0 Å². The van der Waals surface area contributed by atoms with Gasteiger partial charge in [0.15, 0.2) is 0 Å². The zero-order valence-corrected chi connectivity index (χ0v) is 22.5. The number of nitrogens with zero attached hydrogens (tertiary/aromatic N) is 1. The summed E-state index contributed by atoms with van der Waals surface area (Å²) in [4.78, 5) is 30.1. The van der Waals surface area contributed by atoms with Gasteiger partial charge in [0.2, 0.25) is 5.91 Å². The quantitative estimate of drug-likeness (QED) is 0.431. The van der Waals surface area contributed by atoms with Crippen molar-refractivity contribution in [1.82, 2.24) is 5.32 Å². The Bertz CT molecular complexity index is 1290. The molecule has 2 amide bonds. The summed E-state index contributed by atoms with van der Waals surface area (Å²) in [6, 6.07) is 22.2. The highest BCUT2D eigenvalue weighted by molar-refractivity contribution is 6.11. The van der Waals surface area contributed by atoms with Gasteiger partial charge < -0.3 is 14.8 Å². The summed E-state index contributed by atoms with van der Waals surface area (Å²) in [5.74, 6) is 1.62. The van der Waals surface area contributed by atoms with Crippen LogP contribution < -0.4 is 19.7 Å². The zero-order chi connectivity index (χ0) is 26.8. The largest absolute Gasteiger partial charge is 0.497 e. The molecule has 6 nitrogen and oxygen atoms in total. The third-order valence-electron chi connectivity index (χ3n) is 8.46. The van der Waals surface area contributed by atoms with Crippen LogP contribution in [0.25, 0.3) is 0 Å². The van der Waals surface area contributed by atoms with Crippen LogP contribution in [0.4, 0.5) is 5.69 Å². The second kappa shape index (κ2) is 10.9. The van der Waals surface area contributed by atoms with Gasteiger partial charge in [-0.15, -0.1) is 0 Å². The van der Waals surface area contributed by atoms with Gasteiger partial charge in [0.05, 0.1) is 26.2 Å². The van der Waals surface area contributed by atoms with E-state index in [1.807, 2.05) is 72.8 Å². The molecule has 1 heterocycles. The molecule has 0 aromatic heterocycles. The van der Waals surface area contributed by atoms with E-state index in [0.717, 1.165) is 29.7 Å². The summed E-state index contributed by atoms with van der Waals surface area (Å²) >= 11 is 0. The first kappa shape index (κ1) is 25.8. The van der Waals surface area contributed by atoms with Crippen LogP contribution in [-0.2, 0) is 4.79 Å². The Morgan fingerprint density at radius 3 is 2.16 bits per heavy atom. The Hall–Kier alpha value is -3.80. The Kier molecular flexibility index (Phi) is 7.41. The number of rotatable bonds is 6. The monoisotopic (exact) mass is 512 g/mol. The molecule has 6 heteroatoms. The van der Waals surface area contributed by atoms with Crippen molar-refractivity contribution in [1.29, 1.82) is 0 Å². The van der Waals surface area contributed by atoms with Crippen LogP contribution in [0.5, 0.6) is 11.5 Å². The SMILES string of the molecule is COc1ccc([C@@H]2[C@H](C(=O)N[C@@H]3CCC[C@@H](C)[C@H]3C)c3ccccc3C(=O)N2c2ccc(OC)cc2)cc1. The molecule has 198 valence electrons. The highest BCUT2D eigenvalue weighted by Gasteiger charge is 2.45. The van der Waals surface area contributed by atoms with E-state index in [0.29, 0.717) is 28.8 Å². The fourth-order valence-electron chi connectivity index (χ4n) is 6.04. The van der Waals surface area contributed by atoms with E-state index in [1.165, 1.54) is 6.42 Å². The number of anilines is 1. The first-order valence-electron chi connectivity index (χ1n) is 13.4. The van der Waals surface area contributed by atoms with E-state index < -0.39 is 12.0 Å². The number of hydrogen-bond donors (Lipinski definition) is 1. The van der Waals surface area contributed by atoms with Crippen molar-refractivity contribution in [3.05, 3.63) is 89.5 Å². The lowest BCUT2D eigenvalue weighted by molar-refractivity contribution is -0.124. The molecule has 1 aliphatic heterocycles. The van der Waals surface area contributed by atoms with Crippen molar-refractivity contribution < 1.29 is 19.1 Å². The van der Waals surface area contributed by atoms with E-state index in [4.69, 9.17) is 9.47 Å². The highest BCUT2D eigenvalue weighted by atomic mass is 16.5. The molecule has 38 heavy (non-hydrogen) atoms. The Morgan fingerprint density at radius 1 is 0.868 bits per heavy atom. The second-order valence-corrected chi connectivity index (χ2v) is 10.5. The third-order valence-corrected chi connectivity index (χ3v) is 8.46. The van der Waals surface area contributed by atoms with Crippen LogP contribution in [-0.4, -0.2) is 32.1 Å². The van der Waals surface area contributed by atoms with Gasteiger partial charge in [-0.05, 0) is 71.8 Å². The molecule has 1 fully saturated rings. The highest BCUT2D eigenvalue weighted by Crippen LogP contribution is 2.46. The van der Waals surface area contributed by atoms with Crippen LogP contribution in [0.2, 0.25) is 0 Å². The molecule has 0 unspecified atom stereocenters. The van der Waals surface area contributed by atoms with E-state index in [-0.39, 0.29) is 17.9 Å². The van der Waals surface area contributed by atoms with E-state index in [9.17, 15) is 9.59 Å². The summed E-state index contributed by atoms with van der Waals surface area (Å²) in [6.07, 6.45) is 3.27. The number of nitrogens with one attached hydrogen (secondary N) is 1. The Morgan fingerprint density at radius 2 is 1.50 bits per heavy atom. The average molecular weight is 513 g/mol. The van der Waals surface area contributed by atoms with Gasteiger partial charge in [-0.25, -0.2) is 0 Å². The van der Waals surface area contributed by atoms with Crippen molar-refractivity contribution in [2.24, 2.45) is 11.8 Å². The fraction of sp³-hybridized carbons (Fsp3) is 0.375. The number of fused-ring (bicyclic) bond motifs is 1. The number of benzene rings is 3. The van der Waals surface area contributed by atoms with E-state index in [2.05, 4.69) is 19.2 Å². The van der Waals surface area contributed by atoms with Crippen molar-refractivity contribution >= 4 is 17.5 Å². The maximum absolute atomic E-state index is 14.3. The minimum absolute atomic E-state index is 0.0461. The molecule has 0 bridgehead atoms. The lowest BCUT2D eigenvalue weighted by Crippen LogP contribution is -2.51. The standard InChI is InChI=1S/C32H36N2O4/c1-20-8-7-11-28(21(20)2)33-31(35)29-26-9-5-6-10-27(26)32(36)34(23-14-18-25(38-4)19-15-23)30(29)22-12-16-24(37-3)17-13-22/h5-6,9-10,12-21,28-30H,7-8,11H2,1-4H3,(H,33,35)/t20-,21-,28-,29-,30-/m1/s1. The summed E-state index contributed by atoms with van der Waals surface area (Å²) in [5.41, 5.74) is 2.90. The zero-order valence-electron chi connectivity index (χ0n) is 22.5. The molecular formula is C32H36N2O4. The summed E-state index contributed by atoms with van der Waals surface area (Å²) in [7, 11) is 3.24. The molecule has 2 aliphatic rings. The van der Waals surface area contributed by atoms with Crippen LogP contribution in [0.1, 0.15) is 66.6 Å². The molecule has 3 aromatic rings. The van der Waals surface area contributed by atoms with Crippen molar-refractivity contribution in [2.45, 2.75) is 51.1 Å². The molecule has 0 radical (unpaired) electrons. The number of carbonyl (C=O) groups excluding carboxylic acids is 2. The fourth-order valence-corrected chi connectivity index (χ4v) is 6.04. The van der Waals surface area contributed by atoms with Gasteiger partial charge >= 0.3 is 0 Å². The first-order chi connectivity index (χ1) is 18.4. The minimum Gasteiger partial charge on any atom is -0.497 e. The molecular weight excluding hydrogens is 476 g/mol. The van der Waals surface area contributed by atoms with Crippen molar-refractivity contribution in [3.63, 3.8) is 0 Å². The first-order valence-corrected chi connectivity index (χ1v) is 13.4. The van der Waals surface area contributed by atoms with Gasteiger partial charge in [-0.3, -0.25) is 14.5 Å². The maximum atomic E-state index is 14.3. The topological polar surface area (TPSA) is 67.9 Å².